The molecule has 12 nitrogen and oxygen atoms in total. The summed E-state index contributed by atoms with van der Waals surface area (Å²) < 4.78 is 4.54. The van der Waals surface area contributed by atoms with Crippen LogP contribution in [-0.4, -0.2) is 72.7 Å². The van der Waals surface area contributed by atoms with Crippen molar-refractivity contribution in [3.05, 3.63) is 29.3 Å². The van der Waals surface area contributed by atoms with Crippen LogP contribution in [0.5, 0.6) is 0 Å². The van der Waals surface area contributed by atoms with Crippen LogP contribution in [0.4, 0.5) is 5.69 Å². The van der Waals surface area contributed by atoms with Crippen LogP contribution in [-0.2, 0) is 23.9 Å². The molecule has 1 unspecified atom stereocenters. The fourth-order valence-corrected chi connectivity index (χ4v) is 4.71. The summed E-state index contributed by atoms with van der Waals surface area (Å²) in [5.41, 5.74) is 6.70. The van der Waals surface area contributed by atoms with Gasteiger partial charge in [0.05, 0.1) is 18.2 Å². The largest absolute Gasteiger partial charge is 0.468 e. The topological polar surface area (TPSA) is 177 Å². The number of esters is 1. The van der Waals surface area contributed by atoms with Crippen LogP contribution in [0.3, 0.4) is 0 Å². The minimum atomic E-state index is -0.985. The summed E-state index contributed by atoms with van der Waals surface area (Å²) in [7, 11) is 1.26. The standard InChI is InChI=1S/C27H37N5O7/c1-39-27(38)18(28)11-13-21(33)30-16-7-5-3-2-4-6-15-29-19-10-8-9-17-23(19)26(37)32(25(17)36)20-12-14-22(34)31-24(20)35/h8-10,18,20,29H,2-7,11-16,28H2,1H3,(H,30,33)(H,31,34,35)/t18-,20?/m0/s1. The van der Waals surface area contributed by atoms with E-state index >= 15 is 0 Å². The summed E-state index contributed by atoms with van der Waals surface area (Å²) in [4.78, 5) is 73.8. The number of nitrogens with one attached hydrogen (secondary N) is 3. The molecule has 212 valence electrons. The summed E-state index contributed by atoms with van der Waals surface area (Å²) in [6.45, 7) is 1.20. The molecule has 12 heteroatoms. The zero-order valence-corrected chi connectivity index (χ0v) is 22.3. The van der Waals surface area contributed by atoms with Crippen molar-refractivity contribution in [1.82, 2.24) is 15.5 Å². The molecule has 0 aliphatic carbocycles. The molecule has 1 aromatic rings. The van der Waals surface area contributed by atoms with E-state index in [9.17, 15) is 28.8 Å². The Kier molecular flexibility index (Phi) is 11.0. The molecule has 1 fully saturated rings. The van der Waals surface area contributed by atoms with E-state index in [1.165, 1.54) is 7.11 Å². The molecule has 5 amide bonds. The molecule has 3 rings (SSSR count). The Labute approximate surface area is 227 Å². The van der Waals surface area contributed by atoms with Crippen molar-refractivity contribution in [1.29, 1.82) is 0 Å². The third kappa shape index (κ3) is 7.85. The fraction of sp³-hybridized carbons (Fsp3) is 0.556. The Balaban J connectivity index is 1.31. The van der Waals surface area contributed by atoms with Crippen LogP contribution in [0.1, 0.15) is 84.9 Å². The summed E-state index contributed by atoms with van der Waals surface area (Å²) in [5, 5.41) is 8.28. The van der Waals surface area contributed by atoms with Gasteiger partial charge < -0.3 is 21.1 Å². The number of carbonyl (C=O) groups excluding carboxylic acids is 6. The Hall–Kier alpha value is -3.80. The fourth-order valence-electron chi connectivity index (χ4n) is 4.71. The number of unbranched alkanes of at least 4 members (excludes halogenated alkanes) is 5. The third-order valence-corrected chi connectivity index (χ3v) is 6.90. The molecule has 2 atom stereocenters. The van der Waals surface area contributed by atoms with E-state index in [0.29, 0.717) is 18.8 Å². The normalized spacial score (nSPS) is 17.5. The molecule has 0 radical (unpaired) electrons. The van der Waals surface area contributed by atoms with Crippen molar-refractivity contribution in [2.45, 2.75) is 76.3 Å². The molecular formula is C27H37N5O7. The molecule has 0 saturated carbocycles. The first kappa shape index (κ1) is 29.8. The number of fused-ring (bicyclic) bond motifs is 1. The van der Waals surface area contributed by atoms with Crippen LogP contribution in [0.2, 0.25) is 0 Å². The van der Waals surface area contributed by atoms with Crippen LogP contribution in [0.15, 0.2) is 18.2 Å². The first-order valence-corrected chi connectivity index (χ1v) is 13.4. The lowest BCUT2D eigenvalue weighted by Gasteiger charge is -2.27. The highest BCUT2D eigenvalue weighted by Crippen LogP contribution is 2.32. The lowest BCUT2D eigenvalue weighted by atomic mass is 10.0. The smallest absolute Gasteiger partial charge is 0.322 e. The van der Waals surface area contributed by atoms with Gasteiger partial charge in [-0.25, -0.2) is 0 Å². The van der Waals surface area contributed by atoms with Gasteiger partial charge in [0.1, 0.15) is 12.1 Å². The van der Waals surface area contributed by atoms with Gasteiger partial charge in [-0.1, -0.05) is 31.7 Å². The number of hydrogen-bond acceptors (Lipinski definition) is 9. The minimum absolute atomic E-state index is 0.0806. The second-order valence-electron chi connectivity index (χ2n) is 9.74. The van der Waals surface area contributed by atoms with E-state index in [2.05, 4.69) is 20.7 Å². The Bertz CT molecular complexity index is 1110. The monoisotopic (exact) mass is 543 g/mol. The van der Waals surface area contributed by atoms with E-state index in [1.54, 1.807) is 18.2 Å². The van der Waals surface area contributed by atoms with Gasteiger partial charge in [0, 0.05) is 31.6 Å². The Morgan fingerprint density at radius 3 is 2.44 bits per heavy atom. The number of rotatable bonds is 15. The van der Waals surface area contributed by atoms with Gasteiger partial charge in [-0.05, 0) is 37.8 Å². The number of amides is 5. The molecule has 1 saturated heterocycles. The maximum Gasteiger partial charge on any atom is 0.322 e. The average molecular weight is 544 g/mol. The number of benzene rings is 1. The number of anilines is 1. The van der Waals surface area contributed by atoms with Crippen LogP contribution >= 0.6 is 0 Å². The van der Waals surface area contributed by atoms with Gasteiger partial charge in [-0.3, -0.25) is 39.0 Å². The van der Waals surface area contributed by atoms with E-state index < -0.39 is 41.7 Å². The maximum absolute atomic E-state index is 13.1. The quantitative estimate of drug-likeness (QED) is 0.144. The first-order chi connectivity index (χ1) is 18.7. The van der Waals surface area contributed by atoms with Crippen LogP contribution in [0, 0.1) is 0 Å². The highest BCUT2D eigenvalue weighted by Gasteiger charge is 2.45. The van der Waals surface area contributed by atoms with Crippen molar-refractivity contribution >= 4 is 41.2 Å². The average Bonchev–Trinajstić information content (AvgIpc) is 3.18. The summed E-state index contributed by atoms with van der Waals surface area (Å²) in [6, 6.07) is 3.25. The highest BCUT2D eigenvalue weighted by atomic mass is 16.5. The number of carbonyl (C=O) groups is 6. The van der Waals surface area contributed by atoms with Gasteiger partial charge >= 0.3 is 5.97 Å². The van der Waals surface area contributed by atoms with E-state index in [0.717, 1.165) is 43.4 Å². The number of ether oxygens (including phenoxy) is 1. The number of methoxy groups -OCH3 is 1. The predicted molar refractivity (Wildman–Crippen MR) is 142 cm³/mol. The summed E-state index contributed by atoms with van der Waals surface area (Å²) in [6.07, 6.45) is 6.39. The van der Waals surface area contributed by atoms with E-state index in [4.69, 9.17) is 5.73 Å². The highest BCUT2D eigenvalue weighted by molar-refractivity contribution is 6.25. The van der Waals surface area contributed by atoms with Crippen LogP contribution in [0.25, 0.3) is 0 Å². The molecule has 2 heterocycles. The maximum atomic E-state index is 13.1. The lowest BCUT2D eigenvalue weighted by Crippen LogP contribution is -2.54. The van der Waals surface area contributed by atoms with Gasteiger partial charge in [0.25, 0.3) is 11.8 Å². The number of nitrogens with two attached hydrogens (primary N) is 1. The zero-order chi connectivity index (χ0) is 28.4. The SMILES string of the molecule is COC(=O)[C@@H](N)CCC(=O)NCCCCCCCCNc1cccc2c1C(=O)N(C1CCC(=O)NC1=O)C2=O. The van der Waals surface area contributed by atoms with Gasteiger partial charge in [0.2, 0.25) is 17.7 Å². The molecule has 0 spiro atoms. The molecule has 2 aliphatic heterocycles. The van der Waals surface area contributed by atoms with Crippen molar-refractivity contribution in [3.63, 3.8) is 0 Å². The van der Waals surface area contributed by atoms with Crippen molar-refractivity contribution in [3.8, 4) is 0 Å². The number of hydrogen-bond donors (Lipinski definition) is 4. The lowest BCUT2D eigenvalue weighted by molar-refractivity contribution is -0.142. The first-order valence-electron chi connectivity index (χ1n) is 13.4. The number of piperidine rings is 1. The second-order valence-corrected chi connectivity index (χ2v) is 9.74. The van der Waals surface area contributed by atoms with Crippen molar-refractivity contribution < 1.29 is 33.5 Å². The molecular weight excluding hydrogens is 506 g/mol. The van der Waals surface area contributed by atoms with E-state index in [1.807, 2.05) is 0 Å². The van der Waals surface area contributed by atoms with Gasteiger partial charge in [0.15, 0.2) is 0 Å². The Morgan fingerprint density at radius 1 is 1.05 bits per heavy atom. The molecule has 2 aliphatic rings. The molecule has 1 aromatic carbocycles. The molecule has 39 heavy (non-hydrogen) atoms. The van der Waals surface area contributed by atoms with Crippen molar-refractivity contribution in [2.75, 3.05) is 25.5 Å². The van der Waals surface area contributed by atoms with Gasteiger partial charge in [-0.2, -0.15) is 0 Å². The number of nitrogens with zero attached hydrogens (tertiary/aromatic N) is 1. The summed E-state index contributed by atoms with van der Waals surface area (Å²) >= 11 is 0. The van der Waals surface area contributed by atoms with Crippen LogP contribution < -0.4 is 21.7 Å². The van der Waals surface area contributed by atoms with Crippen molar-refractivity contribution in [2.24, 2.45) is 5.73 Å². The minimum Gasteiger partial charge on any atom is -0.468 e. The predicted octanol–water partition coefficient (Wildman–Crippen LogP) is 1.24. The Morgan fingerprint density at radius 2 is 1.74 bits per heavy atom. The molecule has 0 aromatic heterocycles. The van der Waals surface area contributed by atoms with E-state index in [-0.39, 0.29) is 42.7 Å². The third-order valence-electron chi connectivity index (χ3n) is 6.90. The molecule has 0 bridgehead atoms. The summed E-state index contributed by atoms with van der Waals surface area (Å²) in [5.74, 6) is -2.73. The van der Waals surface area contributed by atoms with Gasteiger partial charge in [-0.15, -0.1) is 0 Å². The second kappa shape index (κ2) is 14.4. The number of imide groups is 2. The zero-order valence-electron chi connectivity index (χ0n) is 22.3. The molecule has 5 N–H and O–H groups in total.